The highest BCUT2D eigenvalue weighted by Crippen LogP contribution is 2.11. The van der Waals surface area contributed by atoms with Gasteiger partial charge in [-0.3, -0.25) is 0 Å². The molecule has 0 saturated heterocycles. The van der Waals surface area contributed by atoms with E-state index in [0.29, 0.717) is 0 Å². The minimum Gasteiger partial charge on any atom is -0.305 e. The molecular formula is C9H11N3S2. The standard InChI is InChI=1S/C9H11N3S2/c1-7-12-5-8(14-7)4-10-6-9-11-2-3-13-9/h2-3,5,10H,4,6H2,1H3. The van der Waals surface area contributed by atoms with Crippen molar-refractivity contribution >= 4 is 22.7 Å². The minimum atomic E-state index is 0.842. The van der Waals surface area contributed by atoms with E-state index in [1.54, 1.807) is 22.7 Å². The fourth-order valence-corrected chi connectivity index (χ4v) is 2.47. The van der Waals surface area contributed by atoms with E-state index in [1.807, 2.05) is 24.7 Å². The maximum Gasteiger partial charge on any atom is 0.106 e. The molecule has 1 N–H and O–H groups in total. The quantitative estimate of drug-likeness (QED) is 0.867. The van der Waals surface area contributed by atoms with Crippen molar-refractivity contribution < 1.29 is 0 Å². The Balaban J connectivity index is 1.78. The molecule has 2 rings (SSSR count). The second kappa shape index (κ2) is 4.63. The zero-order valence-electron chi connectivity index (χ0n) is 7.86. The minimum absolute atomic E-state index is 0.842. The lowest BCUT2D eigenvalue weighted by atomic mass is 10.5. The van der Waals surface area contributed by atoms with E-state index in [1.165, 1.54) is 4.88 Å². The molecule has 0 aromatic carbocycles. The summed E-state index contributed by atoms with van der Waals surface area (Å²) >= 11 is 3.41. The van der Waals surface area contributed by atoms with Crippen LogP contribution in [0.3, 0.4) is 0 Å². The Morgan fingerprint density at radius 2 is 2.29 bits per heavy atom. The summed E-state index contributed by atoms with van der Waals surface area (Å²) in [6, 6.07) is 0. The summed E-state index contributed by atoms with van der Waals surface area (Å²) in [6.45, 7) is 3.74. The van der Waals surface area contributed by atoms with Crippen molar-refractivity contribution in [3.05, 3.63) is 32.7 Å². The first-order chi connectivity index (χ1) is 6.84. The second-order valence-electron chi connectivity index (χ2n) is 2.87. The van der Waals surface area contributed by atoms with Gasteiger partial charge in [0.15, 0.2) is 0 Å². The molecule has 3 nitrogen and oxygen atoms in total. The number of thiazole rings is 2. The summed E-state index contributed by atoms with van der Waals surface area (Å²) < 4.78 is 0. The predicted molar refractivity (Wildman–Crippen MR) is 59.5 cm³/mol. The molecule has 14 heavy (non-hydrogen) atoms. The van der Waals surface area contributed by atoms with Crippen LogP contribution in [0.2, 0.25) is 0 Å². The molecule has 0 saturated carbocycles. The number of hydrogen-bond acceptors (Lipinski definition) is 5. The van der Waals surface area contributed by atoms with Crippen molar-refractivity contribution in [2.45, 2.75) is 20.0 Å². The maximum atomic E-state index is 4.20. The van der Waals surface area contributed by atoms with Crippen LogP contribution in [0.5, 0.6) is 0 Å². The molecule has 2 aromatic rings. The highest BCUT2D eigenvalue weighted by Gasteiger charge is 1.98. The fourth-order valence-electron chi connectivity index (χ4n) is 1.12. The van der Waals surface area contributed by atoms with Crippen LogP contribution in [0.4, 0.5) is 0 Å². The Morgan fingerprint density at radius 1 is 1.36 bits per heavy atom. The van der Waals surface area contributed by atoms with Gasteiger partial charge in [0.05, 0.1) is 5.01 Å². The third-order valence-corrected chi connectivity index (χ3v) is 3.42. The van der Waals surface area contributed by atoms with E-state index < -0.39 is 0 Å². The summed E-state index contributed by atoms with van der Waals surface area (Å²) in [4.78, 5) is 9.67. The molecule has 0 fully saturated rings. The summed E-state index contributed by atoms with van der Waals surface area (Å²) in [5, 5.41) is 7.58. The van der Waals surface area contributed by atoms with Gasteiger partial charge in [0.1, 0.15) is 5.01 Å². The molecular weight excluding hydrogens is 214 g/mol. The van der Waals surface area contributed by atoms with Gasteiger partial charge in [-0.05, 0) is 6.92 Å². The third kappa shape index (κ3) is 2.60. The smallest absolute Gasteiger partial charge is 0.106 e. The van der Waals surface area contributed by atoms with Crippen LogP contribution in [-0.4, -0.2) is 9.97 Å². The zero-order chi connectivity index (χ0) is 9.80. The van der Waals surface area contributed by atoms with Crippen LogP contribution in [0.15, 0.2) is 17.8 Å². The van der Waals surface area contributed by atoms with E-state index in [0.717, 1.165) is 23.1 Å². The van der Waals surface area contributed by atoms with Gasteiger partial charge in [-0.2, -0.15) is 0 Å². The molecule has 0 aliphatic carbocycles. The number of aromatic nitrogens is 2. The lowest BCUT2D eigenvalue weighted by Crippen LogP contribution is -2.11. The number of hydrogen-bond donors (Lipinski definition) is 1. The van der Waals surface area contributed by atoms with Gasteiger partial charge in [0.25, 0.3) is 0 Å². The molecule has 0 spiro atoms. The van der Waals surface area contributed by atoms with E-state index >= 15 is 0 Å². The van der Waals surface area contributed by atoms with Gasteiger partial charge in [-0.1, -0.05) is 0 Å². The summed E-state index contributed by atoms with van der Waals surface area (Å²) in [5.41, 5.74) is 0. The third-order valence-electron chi connectivity index (χ3n) is 1.73. The van der Waals surface area contributed by atoms with Crippen molar-refractivity contribution in [1.82, 2.24) is 15.3 Å². The Hall–Kier alpha value is -0.780. The van der Waals surface area contributed by atoms with Crippen molar-refractivity contribution in [1.29, 1.82) is 0 Å². The molecule has 0 bridgehead atoms. The first-order valence-electron chi connectivity index (χ1n) is 4.35. The Kier molecular flexibility index (Phi) is 3.23. The van der Waals surface area contributed by atoms with Crippen molar-refractivity contribution in [3.63, 3.8) is 0 Å². The van der Waals surface area contributed by atoms with Crippen molar-refractivity contribution in [3.8, 4) is 0 Å². The average Bonchev–Trinajstić information content (AvgIpc) is 2.77. The van der Waals surface area contributed by atoms with Crippen LogP contribution in [-0.2, 0) is 13.1 Å². The molecule has 0 amide bonds. The van der Waals surface area contributed by atoms with Gasteiger partial charge in [-0.15, -0.1) is 22.7 Å². The normalized spacial score (nSPS) is 10.6. The predicted octanol–water partition coefficient (Wildman–Crippen LogP) is 2.20. The summed E-state index contributed by atoms with van der Waals surface area (Å²) in [6.07, 6.45) is 3.76. The van der Waals surface area contributed by atoms with Crippen LogP contribution < -0.4 is 5.32 Å². The Labute approximate surface area is 90.9 Å². The number of nitrogens with one attached hydrogen (secondary N) is 1. The highest BCUT2D eigenvalue weighted by atomic mass is 32.1. The van der Waals surface area contributed by atoms with E-state index in [9.17, 15) is 0 Å². The van der Waals surface area contributed by atoms with Crippen LogP contribution in [0.25, 0.3) is 0 Å². The zero-order valence-corrected chi connectivity index (χ0v) is 9.49. The largest absolute Gasteiger partial charge is 0.305 e. The lowest BCUT2D eigenvalue weighted by Gasteiger charge is -1.98. The molecule has 0 radical (unpaired) electrons. The molecule has 2 aromatic heterocycles. The molecule has 74 valence electrons. The summed E-state index contributed by atoms with van der Waals surface area (Å²) in [7, 11) is 0. The van der Waals surface area contributed by atoms with E-state index in [2.05, 4.69) is 15.3 Å². The molecule has 0 aliphatic heterocycles. The van der Waals surface area contributed by atoms with E-state index in [4.69, 9.17) is 0 Å². The number of rotatable bonds is 4. The topological polar surface area (TPSA) is 37.8 Å². The van der Waals surface area contributed by atoms with Crippen LogP contribution in [0, 0.1) is 6.92 Å². The van der Waals surface area contributed by atoms with E-state index in [-0.39, 0.29) is 0 Å². The maximum absolute atomic E-state index is 4.20. The van der Waals surface area contributed by atoms with Gasteiger partial charge in [0, 0.05) is 35.7 Å². The molecule has 0 atom stereocenters. The first-order valence-corrected chi connectivity index (χ1v) is 6.04. The average molecular weight is 225 g/mol. The second-order valence-corrected chi connectivity index (χ2v) is 5.17. The van der Waals surface area contributed by atoms with Gasteiger partial charge < -0.3 is 5.32 Å². The molecule has 5 heteroatoms. The highest BCUT2D eigenvalue weighted by molar-refractivity contribution is 7.11. The number of aryl methyl sites for hydroxylation is 1. The molecule has 0 unspecified atom stereocenters. The monoisotopic (exact) mass is 225 g/mol. The Bertz CT molecular complexity index is 380. The lowest BCUT2D eigenvalue weighted by molar-refractivity contribution is 0.696. The van der Waals surface area contributed by atoms with Crippen molar-refractivity contribution in [2.24, 2.45) is 0 Å². The van der Waals surface area contributed by atoms with Gasteiger partial charge in [-0.25, -0.2) is 9.97 Å². The fraction of sp³-hybridized carbons (Fsp3) is 0.333. The van der Waals surface area contributed by atoms with Crippen LogP contribution >= 0.6 is 22.7 Å². The molecule has 0 aliphatic rings. The first kappa shape index (κ1) is 9.76. The molecule has 2 heterocycles. The van der Waals surface area contributed by atoms with Gasteiger partial charge in [0.2, 0.25) is 0 Å². The summed E-state index contributed by atoms with van der Waals surface area (Å²) in [5.74, 6) is 0. The van der Waals surface area contributed by atoms with Crippen LogP contribution in [0.1, 0.15) is 14.9 Å². The Morgan fingerprint density at radius 3 is 2.93 bits per heavy atom. The van der Waals surface area contributed by atoms with Crippen molar-refractivity contribution in [2.75, 3.05) is 0 Å². The SMILES string of the molecule is Cc1ncc(CNCc2nccs2)s1. The number of nitrogens with zero attached hydrogens (tertiary/aromatic N) is 2. The van der Waals surface area contributed by atoms with Gasteiger partial charge >= 0.3 is 0 Å².